The van der Waals surface area contributed by atoms with Crippen molar-refractivity contribution in [3.8, 4) is 0 Å². The number of rotatable bonds is 4. The van der Waals surface area contributed by atoms with Gasteiger partial charge in [0.05, 0.1) is 0 Å². The third-order valence-electron chi connectivity index (χ3n) is 2.96. The van der Waals surface area contributed by atoms with Crippen LogP contribution in [0.15, 0.2) is 48.5 Å². The van der Waals surface area contributed by atoms with Crippen molar-refractivity contribution in [1.82, 2.24) is 0 Å². The van der Waals surface area contributed by atoms with Gasteiger partial charge >= 0.3 is 0 Å². The van der Waals surface area contributed by atoms with Crippen LogP contribution in [0, 0.1) is 5.92 Å². The van der Waals surface area contributed by atoms with Crippen LogP contribution in [-0.2, 0) is 6.42 Å². The number of hydrogen-bond donors (Lipinski definition) is 1. The molecular weight excluding hydrogens is 270 g/mol. The number of carbonyl (C=O) groups excluding carboxylic acids is 1. The number of anilines is 1. The molecule has 0 saturated heterocycles. The highest BCUT2D eigenvalue weighted by atomic mass is 35.5. The van der Waals surface area contributed by atoms with Crippen LogP contribution in [0.1, 0.15) is 29.8 Å². The SMILES string of the molecule is CC(C)Cc1ccc(NC(=O)c2ccc(Cl)cc2)cc1. The molecule has 0 aliphatic heterocycles. The van der Waals surface area contributed by atoms with Crippen molar-refractivity contribution >= 4 is 23.2 Å². The lowest BCUT2D eigenvalue weighted by atomic mass is 10.0. The number of halogens is 1. The van der Waals surface area contributed by atoms with Crippen molar-refractivity contribution in [1.29, 1.82) is 0 Å². The van der Waals surface area contributed by atoms with Crippen LogP contribution in [0.2, 0.25) is 5.02 Å². The van der Waals surface area contributed by atoms with E-state index in [1.54, 1.807) is 24.3 Å². The van der Waals surface area contributed by atoms with Gasteiger partial charge in [-0.15, -0.1) is 0 Å². The quantitative estimate of drug-likeness (QED) is 0.860. The standard InChI is InChI=1S/C17H18ClNO/c1-12(2)11-13-3-9-16(10-4-13)19-17(20)14-5-7-15(18)8-6-14/h3-10,12H,11H2,1-2H3,(H,19,20). The Kier molecular flexibility index (Phi) is 4.80. The van der Waals surface area contributed by atoms with Crippen LogP contribution in [0.25, 0.3) is 0 Å². The van der Waals surface area contributed by atoms with Gasteiger partial charge in [0, 0.05) is 16.3 Å². The minimum Gasteiger partial charge on any atom is -0.322 e. The maximum Gasteiger partial charge on any atom is 0.255 e. The number of nitrogens with one attached hydrogen (secondary N) is 1. The van der Waals surface area contributed by atoms with Crippen molar-refractivity contribution in [3.63, 3.8) is 0 Å². The van der Waals surface area contributed by atoms with E-state index >= 15 is 0 Å². The van der Waals surface area contributed by atoms with Crippen molar-refractivity contribution in [2.45, 2.75) is 20.3 Å². The minimum absolute atomic E-state index is 0.127. The molecule has 0 atom stereocenters. The van der Waals surface area contributed by atoms with Crippen molar-refractivity contribution in [2.75, 3.05) is 5.32 Å². The molecule has 2 aromatic carbocycles. The molecule has 1 N–H and O–H groups in total. The summed E-state index contributed by atoms with van der Waals surface area (Å²) in [4.78, 5) is 12.0. The molecule has 0 aromatic heterocycles. The molecule has 2 nitrogen and oxygen atoms in total. The highest BCUT2D eigenvalue weighted by molar-refractivity contribution is 6.30. The van der Waals surface area contributed by atoms with Gasteiger partial charge in [-0.3, -0.25) is 4.79 Å². The largest absolute Gasteiger partial charge is 0.322 e. The average molecular weight is 288 g/mol. The van der Waals surface area contributed by atoms with E-state index in [1.807, 2.05) is 12.1 Å². The van der Waals surface area contributed by atoms with Crippen LogP contribution in [0.4, 0.5) is 5.69 Å². The van der Waals surface area contributed by atoms with Crippen molar-refractivity contribution < 1.29 is 4.79 Å². The molecule has 0 radical (unpaired) electrons. The Morgan fingerprint density at radius 3 is 2.20 bits per heavy atom. The van der Waals surface area contributed by atoms with Gasteiger partial charge < -0.3 is 5.32 Å². The lowest BCUT2D eigenvalue weighted by Crippen LogP contribution is -2.11. The van der Waals surface area contributed by atoms with Crippen LogP contribution >= 0.6 is 11.6 Å². The zero-order valence-corrected chi connectivity index (χ0v) is 12.4. The fourth-order valence-corrected chi connectivity index (χ4v) is 2.13. The number of carbonyl (C=O) groups is 1. The molecule has 0 fully saturated rings. The lowest BCUT2D eigenvalue weighted by Gasteiger charge is -2.08. The normalized spacial score (nSPS) is 10.6. The molecule has 104 valence electrons. The Labute approximate surface area is 124 Å². The molecule has 0 saturated carbocycles. The van der Waals surface area contributed by atoms with Gasteiger partial charge in [-0.2, -0.15) is 0 Å². The van der Waals surface area contributed by atoms with E-state index in [9.17, 15) is 4.79 Å². The van der Waals surface area contributed by atoms with Crippen LogP contribution in [-0.4, -0.2) is 5.91 Å². The second kappa shape index (κ2) is 6.58. The van der Waals surface area contributed by atoms with E-state index in [0.717, 1.165) is 12.1 Å². The molecular formula is C17H18ClNO. The molecule has 3 heteroatoms. The molecule has 0 bridgehead atoms. The second-order valence-corrected chi connectivity index (χ2v) is 5.69. The molecule has 1 amide bonds. The van der Waals surface area contributed by atoms with E-state index in [0.29, 0.717) is 16.5 Å². The Morgan fingerprint density at radius 2 is 1.65 bits per heavy atom. The van der Waals surface area contributed by atoms with Gasteiger partial charge in [-0.05, 0) is 54.3 Å². The summed E-state index contributed by atoms with van der Waals surface area (Å²) < 4.78 is 0. The first-order valence-corrected chi connectivity index (χ1v) is 7.08. The molecule has 2 rings (SSSR count). The topological polar surface area (TPSA) is 29.1 Å². The first-order chi connectivity index (χ1) is 9.54. The lowest BCUT2D eigenvalue weighted by molar-refractivity contribution is 0.102. The van der Waals surface area contributed by atoms with E-state index in [-0.39, 0.29) is 5.91 Å². The number of hydrogen-bond acceptors (Lipinski definition) is 1. The fraction of sp³-hybridized carbons (Fsp3) is 0.235. The highest BCUT2D eigenvalue weighted by Gasteiger charge is 2.06. The summed E-state index contributed by atoms with van der Waals surface area (Å²) >= 11 is 5.80. The third kappa shape index (κ3) is 4.10. The van der Waals surface area contributed by atoms with Gasteiger partial charge in [0.25, 0.3) is 5.91 Å². The fourth-order valence-electron chi connectivity index (χ4n) is 2.00. The maximum absolute atomic E-state index is 12.0. The monoisotopic (exact) mass is 287 g/mol. The zero-order valence-electron chi connectivity index (χ0n) is 11.7. The third-order valence-corrected chi connectivity index (χ3v) is 3.21. The Morgan fingerprint density at radius 1 is 1.05 bits per heavy atom. The second-order valence-electron chi connectivity index (χ2n) is 5.26. The maximum atomic E-state index is 12.0. The zero-order chi connectivity index (χ0) is 14.5. The summed E-state index contributed by atoms with van der Waals surface area (Å²) in [5.74, 6) is 0.503. The first-order valence-electron chi connectivity index (χ1n) is 6.70. The van der Waals surface area contributed by atoms with E-state index in [2.05, 4.69) is 31.3 Å². The van der Waals surface area contributed by atoms with E-state index < -0.39 is 0 Å². The summed E-state index contributed by atoms with van der Waals surface area (Å²) in [7, 11) is 0. The van der Waals surface area contributed by atoms with Crippen LogP contribution in [0.3, 0.4) is 0 Å². The van der Waals surface area contributed by atoms with Gasteiger partial charge in [0.2, 0.25) is 0 Å². The number of amides is 1. The molecule has 0 aliphatic rings. The van der Waals surface area contributed by atoms with Gasteiger partial charge in [0.15, 0.2) is 0 Å². The Balaban J connectivity index is 2.02. The molecule has 0 unspecified atom stereocenters. The molecule has 0 heterocycles. The molecule has 0 spiro atoms. The molecule has 0 aliphatic carbocycles. The Hall–Kier alpha value is -1.80. The Bertz CT molecular complexity index is 573. The van der Waals surface area contributed by atoms with Crippen molar-refractivity contribution in [2.24, 2.45) is 5.92 Å². The summed E-state index contributed by atoms with van der Waals surface area (Å²) in [6.07, 6.45) is 1.05. The summed E-state index contributed by atoms with van der Waals surface area (Å²) in [6.45, 7) is 4.38. The smallest absolute Gasteiger partial charge is 0.255 e. The van der Waals surface area contributed by atoms with E-state index in [4.69, 9.17) is 11.6 Å². The predicted octanol–water partition coefficient (Wildman–Crippen LogP) is 4.79. The predicted molar refractivity (Wildman–Crippen MR) is 84.4 cm³/mol. The van der Waals surface area contributed by atoms with Crippen LogP contribution < -0.4 is 5.32 Å². The molecule has 2 aromatic rings. The number of benzene rings is 2. The van der Waals surface area contributed by atoms with Crippen LogP contribution in [0.5, 0.6) is 0 Å². The van der Waals surface area contributed by atoms with Gasteiger partial charge in [-0.1, -0.05) is 37.6 Å². The average Bonchev–Trinajstić information content (AvgIpc) is 2.41. The van der Waals surface area contributed by atoms with Crippen molar-refractivity contribution in [3.05, 3.63) is 64.7 Å². The first kappa shape index (κ1) is 14.6. The summed E-state index contributed by atoms with van der Waals surface area (Å²) in [6, 6.07) is 14.8. The van der Waals surface area contributed by atoms with Gasteiger partial charge in [-0.25, -0.2) is 0 Å². The van der Waals surface area contributed by atoms with Gasteiger partial charge in [0.1, 0.15) is 0 Å². The highest BCUT2D eigenvalue weighted by Crippen LogP contribution is 2.15. The summed E-state index contributed by atoms with van der Waals surface area (Å²) in [5, 5.41) is 3.50. The van der Waals surface area contributed by atoms with E-state index in [1.165, 1.54) is 5.56 Å². The minimum atomic E-state index is -0.127. The molecule has 20 heavy (non-hydrogen) atoms. The summed E-state index contributed by atoms with van der Waals surface area (Å²) in [5.41, 5.74) is 2.68.